The van der Waals surface area contributed by atoms with Gasteiger partial charge in [0, 0.05) is 39.8 Å². The summed E-state index contributed by atoms with van der Waals surface area (Å²) in [5.41, 5.74) is 0. The van der Waals surface area contributed by atoms with Gasteiger partial charge in [-0.2, -0.15) is 0 Å². The number of guanidine groups is 1. The summed E-state index contributed by atoms with van der Waals surface area (Å²) < 4.78 is 28.7. The van der Waals surface area contributed by atoms with Gasteiger partial charge in [-0.05, 0) is 32.1 Å². The van der Waals surface area contributed by atoms with Gasteiger partial charge in [-0.25, -0.2) is 18.1 Å². The third kappa shape index (κ3) is 8.56. The van der Waals surface area contributed by atoms with Crippen molar-refractivity contribution in [3.8, 4) is 0 Å². The average Bonchev–Trinajstić information content (AvgIpc) is 3.16. The standard InChI is InChI=1S/C19H37N5O3S.HI/c1-4-5-12-20-19(21-14-18(25)23(2)3)24-13-8-11-17(15-24)28(26,27)22-16-9-6-7-10-16;/h16-17,22H,4-15H2,1-3H3,(H,20,21);1H. The number of halogens is 1. The second kappa shape index (κ2) is 12.9. The van der Waals surface area contributed by atoms with Gasteiger partial charge in [-0.1, -0.05) is 26.2 Å². The van der Waals surface area contributed by atoms with Gasteiger partial charge in [-0.3, -0.25) is 4.79 Å². The van der Waals surface area contributed by atoms with Gasteiger partial charge in [0.2, 0.25) is 15.9 Å². The van der Waals surface area contributed by atoms with Crippen LogP contribution in [0, 0.1) is 0 Å². The summed E-state index contributed by atoms with van der Waals surface area (Å²) in [6, 6.07) is 0.0916. The number of sulfonamides is 1. The topological polar surface area (TPSA) is 94.1 Å². The number of nitrogens with one attached hydrogen (secondary N) is 2. The zero-order chi connectivity index (χ0) is 20.6. The quantitative estimate of drug-likeness (QED) is 0.211. The number of piperidine rings is 1. The van der Waals surface area contributed by atoms with E-state index in [4.69, 9.17) is 0 Å². The highest BCUT2D eigenvalue weighted by atomic mass is 127. The van der Waals surface area contributed by atoms with Crippen molar-refractivity contribution in [3.63, 3.8) is 0 Å². The number of hydrogen-bond acceptors (Lipinski definition) is 4. The van der Waals surface area contributed by atoms with E-state index >= 15 is 0 Å². The molecular formula is C19H38IN5O3S. The van der Waals surface area contributed by atoms with E-state index in [-0.39, 0.29) is 42.5 Å². The Bertz CT molecular complexity index is 636. The van der Waals surface area contributed by atoms with Crippen LogP contribution in [-0.2, 0) is 14.8 Å². The summed E-state index contributed by atoms with van der Waals surface area (Å²) in [7, 11) is 0.0644. The van der Waals surface area contributed by atoms with Crippen molar-refractivity contribution < 1.29 is 13.2 Å². The van der Waals surface area contributed by atoms with Crippen LogP contribution in [-0.4, -0.2) is 81.7 Å². The Kier molecular flexibility index (Phi) is 11.8. The van der Waals surface area contributed by atoms with Gasteiger partial charge in [-0.15, -0.1) is 24.0 Å². The van der Waals surface area contributed by atoms with Crippen LogP contribution in [0.4, 0.5) is 0 Å². The molecule has 170 valence electrons. The fourth-order valence-electron chi connectivity index (χ4n) is 3.68. The van der Waals surface area contributed by atoms with Crippen molar-refractivity contribution >= 4 is 45.9 Å². The van der Waals surface area contributed by atoms with Gasteiger partial charge in [0.25, 0.3) is 0 Å². The van der Waals surface area contributed by atoms with E-state index in [1.165, 1.54) is 4.90 Å². The molecule has 0 aromatic rings. The molecule has 0 radical (unpaired) electrons. The molecule has 0 aromatic carbocycles. The van der Waals surface area contributed by atoms with Gasteiger partial charge in [0.15, 0.2) is 5.96 Å². The highest BCUT2D eigenvalue weighted by molar-refractivity contribution is 14.0. The Morgan fingerprint density at radius 1 is 1.17 bits per heavy atom. The molecule has 1 heterocycles. The van der Waals surface area contributed by atoms with Crippen LogP contribution in [0.25, 0.3) is 0 Å². The SMILES string of the molecule is CCCCNC(=NCC(=O)N(C)C)N1CCCC(S(=O)(=O)NC2CCCC2)C1.I. The van der Waals surface area contributed by atoms with E-state index in [1.54, 1.807) is 14.1 Å². The predicted molar refractivity (Wildman–Crippen MR) is 128 cm³/mol. The molecule has 2 rings (SSSR count). The molecule has 0 spiro atoms. The maximum absolute atomic E-state index is 12.9. The van der Waals surface area contributed by atoms with Crippen LogP contribution in [0.3, 0.4) is 0 Å². The molecule has 8 nitrogen and oxygen atoms in total. The molecule has 10 heteroatoms. The highest BCUT2D eigenvalue weighted by Gasteiger charge is 2.34. The third-order valence-corrected chi connectivity index (χ3v) is 7.40. The smallest absolute Gasteiger partial charge is 0.243 e. The van der Waals surface area contributed by atoms with Crippen molar-refractivity contribution in [3.05, 3.63) is 0 Å². The lowest BCUT2D eigenvalue weighted by molar-refractivity contribution is -0.127. The van der Waals surface area contributed by atoms with E-state index in [9.17, 15) is 13.2 Å². The Labute approximate surface area is 193 Å². The second-order valence-corrected chi connectivity index (χ2v) is 10.1. The van der Waals surface area contributed by atoms with Crippen LogP contribution in [0.1, 0.15) is 58.3 Å². The van der Waals surface area contributed by atoms with Crippen LogP contribution in [0.2, 0.25) is 0 Å². The molecule has 1 saturated carbocycles. The fourth-order valence-corrected chi connectivity index (χ4v) is 5.43. The first-order chi connectivity index (χ1) is 13.3. The maximum Gasteiger partial charge on any atom is 0.243 e. The zero-order valence-corrected chi connectivity index (χ0v) is 21.2. The lowest BCUT2D eigenvalue weighted by Crippen LogP contribution is -2.53. The van der Waals surface area contributed by atoms with E-state index in [1.807, 2.05) is 4.90 Å². The number of amides is 1. The van der Waals surface area contributed by atoms with E-state index in [2.05, 4.69) is 22.0 Å². The first-order valence-electron chi connectivity index (χ1n) is 10.6. The summed E-state index contributed by atoms with van der Waals surface area (Å²) in [6.07, 6.45) is 7.59. The molecule has 1 aliphatic carbocycles. The number of likely N-dealkylation sites (tertiary alicyclic amines) is 1. The van der Waals surface area contributed by atoms with Crippen molar-refractivity contribution in [2.24, 2.45) is 4.99 Å². The van der Waals surface area contributed by atoms with E-state index < -0.39 is 15.3 Å². The Morgan fingerprint density at radius 2 is 1.86 bits per heavy atom. The molecule has 2 aliphatic rings. The third-order valence-electron chi connectivity index (χ3n) is 5.48. The summed E-state index contributed by atoms with van der Waals surface area (Å²) in [5.74, 6) is 0.572. The molecule has 1 amide bonds. The summed E-state index contributed by atoms with van der Waals surface area (Å²) in [5, 5.41) is 2.88. The number of aliphatic imine (C=N–C) groups is 1. The number of carbonyl (C=O) groups is 1. The summed E-state index contributed by atoms with van der Waals surface area (Å²) >= 11 is 0. The molecule has 29 heavy (non-hydrogen) atoms. The van der Waals surface area contributed by atoms with E-state index in [0.29, 0.717) is 18.9 Å². The Morgan fingerprint density at radius 3 is 2.48 bits per heavy atom. The van der Waals surface area contributed by atoms with Crippen LogP contribution >= 0.6 is 24.0 Å². The van der Waals surface area contributed by atoms with Crippen molar-refractivity contribution in [2.45, 2.75) is 69.6 Å². The number of nitrogens with zero attached hydrogens (tertiary/aromatic N) is 3. The van der Waals surface area contributed by atoms with Gasteiger partial charge < -0.3 is 15.1 Å². The van der Waals surface area contributed by atoms with Gasteiger partial charge >= 0.3 is 0 Å². The fraction of sp³-hybridized carbons (Fsp3) is 0.895. The lowest BCUT2D eigenvalue weighted by Gasteiger charge is -2.35. The van der Waals surface area contributed by atoms with Crippen LogP contribution in [0.5, 0.6) is 0 Å². The second-order valence-electron chi connectivity index (χ2n) is 8.06. The maximum atomic E-state index is 12.9. The average molecular weight is 544 g/mol. The molecule has 1 aliphatic heterocycles. The van der Waals surface area contributed by atoms with Crippen LogP contribution < -0.4 is 10.0 Å². The largest absolute Gasteiger partial charge is 0.356 e. The molecule has 1 saturated heterocycles. The number of rotatable bonds is 8. The first kappa shape index (κ1) is 26.4. The van der Waals surface area contributed by atoms with E-state index in [0.717, 1.165) is 58.0 Å². The molecule has 1 atom stereocenters. The first-order valence-corrected chi connectivity index (χ1v) is 12.1. The minimum absolute atomic E-state index is 0. The van der Waals surface area contributed by atoms with Crippen molar-refractivity contribution in [1.29, 1.82) is 0 Å². The van der Waals surface area contributed by atoms with Crippen LogP contribution in [0.15, 0.2) is 4.99 Å². The van der Waals surface area contributed by atoms with Gasteiger partial charge in [0.05, 0.1) is 5.25 Å². The normalized spacial score (nSPS) is 21.0. The molecule has 2 fully saturated rings. The number of likely N-dealkylation sites (N-methyl/N-ethyl adjacent to an activating group) is 1. The predicted octanol–water partition coefficient (Wildman–Crippen LogP) is 1.76. The summed E-state index contributed by atoms with van der Waals surface area (Å²) in [4.78, 5) is 19.9. The summed E-state index contributed by atoms with van der Waals surface area (Å²) in [6.45, 7) is 4.11. The van der Waals surface area contributed by atoms with Gasteiger partial charge in [0.1, 0.15) is 6.54 Å². The molecule has 0 aromatic heterocycles. The van der Waals surface area contributed by atoms with Crippen molar-refractivity contribution in [2.75, 3.05) is 40.3 Å². The number of carbonyl (C=O) groups excluding carboxylic acids is 1. The minimum atomic E-state index is -3.35. The lowest BCUT2D eigenvalue weighted by atomic mass is 10.1. The zero-order valence-electron chi connectivity index (χ0n) is 18.0. The Balaban J connectivity index is 0.00000420. The minimum Gasteiger partial charge on any atom is -0.356 e. The number of hydrogen-bond donors (Lipinski definition) is 2. The Hall–Kier alpha value is -0.620. The molecule has 0 bridgehead atoms. The van der Waals surface area contributed by atoms with Crippen molar-refractivity contribution in [1.82, 2.24) is 19.8 Å². The molecule has 1 unspecified atom stereocenters. The highest BCUT2D eigenvalue weighted by Crippen LogP contribution is 2.22. The molecular weight excluding hydrogens is 505 g/mol. The monoisotopic (exact) mass is 543 g/mol. The molecule has 2 N–H and O–H groups in total. The number of unbranched alkanes of at least 4 members (excludes halogenated alkanes) is 1.